The minimum Gasteiger partial charge on any atom is -0.384 e. The number of hydrogen-bond acceptors (Lipinski definition) is 3. The van der Waals surface area contributed by atoms with Crippen LogP contribution in [0.4, 0.5) is 0 Å². The van der Waals surface area contributed by atoms with Gasteiger partial charge in [-0.3, -0.25) is 5.41 Å². The molecule has 12 heavy (non-hydrogen) atoms. The Labute approximate surface area is 71.4 Å². The Morgan fingerprint density at radius 1 is 1.58 bits per heavy atom. The van der Waals surface area contributed by atoms with Gasteiger partial charge in [-0.15, -0.1) is 0 Å². The van der Waals surface area contributed by atoms with E-state index in [-0.39, 0.29) is 11.8 Å². The summed E-state index contributed by atoms with van der Waals surface area (Å²) in [7, 11) is 0. The molecule has 1 aliphatic rings. The van der Waals surface area contributed by atoms with Crippen LogP contribution in [0.5, 0.6) is 0 Å². The minimum absolute atomic E-state index is 0.000370. The van der Waals surface area contributed by atoms with Crippen LogP contribution in [0.2, 0.25) is 0 Å². The lowest BCUT2D eigenvalue weighted by Crippen LogP contribution is -2.11. The fraction of sp³-hybridized carbons (Fsp3) is 0.500. The van der Waals surface area contributed by atoms with Crippen LogP contribution >= 0.6 is 0 Å². The summed E-state index contributed by atoms with van der Waals surface area (Å²) in [6.07, 6.45) is 3.70. The molecule has 4 heteroatoms. The van der Waals surface area contributed by atoms with E-state index in [9.17, 15) is 0 Å². The zero-order chi connectivity index (χ0) is 8.97. The molecule has 0 saturated carbocycles. The van der Waals surface area contributed by atoms with E-state index >= 15 is 0 Å². The van der Waals surface area contributed by atoms with Crippen LogP contribution < -0.4 is 5.73 Å². The topological polar surface area (TPSA) is 83.0 Å². The van der Waals surface area contributed by atoms with Crippen molar-refractivity contribution in [2.45, 2.75) is 6.42 Å². The normalized spacial score (nSPS) is 24.0. The van der Waals surface area contributed by atoms with E-state index in [1.807, 2.05) is 0 Å². The summed E-state index contributed by atoms with van der Waals surface area (Å²) in [5.41, 5.74) is 5.99. The van der Waals surface area contributed by atoms with Crippen LogP contribution in [0, 0.1) is 16.7 Å². The highest BCUT2D eigenvalue weighted by Crippen LogP contribution is 2.19. The summed E-state index contributed by atoms with van der Waals surface area (Å²) in [5, 5.41) is 14.2. The van der Waals surface area contributed by atoms with Gasteiger partial charge in [0, 0.05) is 18.7 Å². The predicted molar refractivity (Wildman–Crippen MR) is 47.7 cm³/mol. The molecular weight excluding hydrogens is 154 g/mol. The van der Waals surface area contributed by atoms with Gasteiger partial charge in [0.2, 0.25) is 0 Å². The van der Waals surface area contributed by atoms with Crippen molar-refractivity contribution < 1.29 is 4.74 Å². The summed E-state index contributed by atoms with van der Waals surface area (Å²) in [5.74, 6) is 0.256. The third kappa shape index (κ3) is 2.17. The van der Waals surface area contributed by atoms with Crippen molar-refractivity contribution in [3.8, 4) is 0 Å². The molecule has 1 saturated heterocycles. The zero-order valence-corrected chi connectivity index (χ0v) is 6.84. The standard InChI is InChI=1S/C8H13N3O/c9-4-7(3-8(10)11)6-1-2-12-5-6/h3-4,6,9H,1-2,5H2,(H3,10,11)/b7-3+,9-4?. The number of ether oxygens (including phenoxy) is 1. The van der Waals surface area contributed by atoms with E-state index in [2.05, 4.69) is 0 Å². The number of amidine groups is 1. The minimum atomic E-state index is 0.000370. The van der Waals surface area contributed by atoms with E-state index in [4.69, 9.17) is 21.3 Å². The van der Waals surface area contributed by atoms with Crippen LogP contribution in [0.25, 0.3) is 0 Å². The highest BCUT2D eigenvalue weighted by molar-refractivity contribution is 5.94. The van der Waals surface area contributed by atoms with Gasteiger partial charge in [-0.2, -0.15) is 0 Å². The first-order valence-corrected chi connectivity index (χ1v) is 3.88. The van der Waals surface area contributed by atoms with Crippen LogP contribution in [0.3, 0.4) is 0 Å². The van der Waals surface area contributed by atoms with Gasteiger partial charge in [0.05, 0.1) is 6.61 Å². The summed E-state index contributed by atoms with van der Waals surface area (Å²) < 4.78 is 5.17. The third-order valence-electron chi connectivity index (χ3n) is 1.89. The molecule has 1 aliphatic heterocycles. The van der Waals surface area contributed by atoms with E-state index in [1.54, 1.807) is 0 Å². The summed E-state index contributed by atoms with van der Waals surface area (Å²) >= 11 is 0. The van der Waals surface area contributed by atoms with Gasteiger partial charge in [-0.05, 0) is 18.1 Å². The summed E-state index contributed by atoms with van der Waals surface area (Å²) in [6, 6.07) is 0. The Morgan fingerprint density at radius 3 is 2.75 bits per heavy atom. The maximum Gasteiger partial charge on any atom is 0.115 e. The second kappa shape index (κ2) is 4.01. The molecule has 1 fully saturated rings. The largest absolute Gasteiger partial charge is 0.384 e. The van der Waals surface area contributed by atoms with Gasteiger partial charge >= 0.3 is 0 Å². The number of hydrogen-bond donors (Lipinski definition) is 3. The molecule has 0 aromatic rings. The van der Waals surface area contributed by atoms with Crippen molar-refractivity contribution in [2.75, 3.05) is 13.2 Å². The second-order valence-electron chi connectivity index (χ2n) is 2.80. The molecule has 0 aromatic carbocycles. The van der Waals surface area contributed by atoms with Gasteiger partial charge in [0.1, 0.15) is 5.84 Å². The molecule has 4 nitrogen and oxygen atoms in total. The van der Waals surface area contributed by atoms with Crippen molar-refractivity contribution in [1.29, 1.82) is 10.8 Å². The second-order valence-corrected chi connectivity index (χ2v) is 2.80. The van der Waals surface area contributed by atoms with Crippen molar-refractivity contribution in [3.05, 3.63) is 11.6 Å². The molecule has 0 amide bonds. The molecule has 0 aliphatic carbocycles. The van der Waals surface area contributed by atoms with Crippen molar-refractivity contribution in [2.24, 2.45) is 11.7 Å². The first-order chi connectivity index (χ1) is 5.74. The highest BCUT2D eigenvalue weighted by Gasteiger charge is 2.18. The number of rotatable bonds is 3. The van der Waals surface area contributed by atoms with Gasteiger partial charge in [0.15, 0.2) is 0 Å². The molecule has 0 bridgehead atoms. The van der Waals surface area contributed by atoms with Gasteiger partial charge in [0.25, 0.3) is 0 Å². The van der Waals surface area contributed by atoms with Crippen molar-refractivity contribution >= 4 is 12.1 Å². The molecule has 1 atom stereocenters. The van der Waals surface area contributed by atoms with Crippen LogP contribution in [-0.2, 0) is 4.74 Å². The molecule has 0 aromatic heterocycles. The fourth-order valence-electron chi connectivity index (χ4n) is 1.25. The Bertz CT molecular complexity index is 216. The van der Waals surface area contributed by atoms with E-state index in [1.165, 1.54) is 12.3 Å². The predicted octanol–water partition coefficient (Wildman–Crippen LogP) is 0.535. The first kappa shape index (κ1) is 8.93. The molecular formula is C8H13N3O. The number of nitrogens with one attached hydrogen (secondary N) is 2. The molecule has 0 spiro atoms. The van der Waals surface area contributed by atoms with Crippen molar-refractivity contribution in [3.63, 3.8) is 0 Å². The Balaban J connectivity index is 2.66. The fourth-order valence-corrected chi connectivity index (χ4v) is 1.25. The SMILES string of the molecule is N=C/C(=C\C(=N)N)C1CCOC1. The van der Waals surface area contributed by atoms with Gasteiger partial charge < -0.3 is 15.9 Å². The smallest absolute Gasteiger partial charge is 0.115 e. The maximum absolute atomic E-state index is 7.12. The number of nitrogens with two attached hydrogens (primary N) is 1. The first-order valence-electron chi connectivity index (χ1n) is 3.88. The Hall–Kier alpha value is -1.16. The monoisotopic (exact) mass is 167 g/mol. The summed E-state index contributed by atoms with van der Waals surface area (Å²) in [6.45, 7) is 1.39. The average molecular weight is 167 g/mol. The molecule has 66 valence electrons. The summed E-state index contributed by atoms with van der Waals surface area (Å²) in [4.78, 5) is 0. The molecule has 1 rings (SSSR count). The quantitative estimate of drug-likeness (QED) is 0.423. The molecule has 4 N–H and O–H groups in total. The van der Waals surface area contributed by atoms with Crippen LogP contribution in [0.1, 0.15) is 6.42 Å². The lowest BCUT2D eigenvalue weighted by molar-refractivity contribution is 0.191. The Kier molecular flexibility index (Phi) is 2.99. The van der Waals surface area contributed by atoms with E-state index in [0.717, 1.165) is 18.6 Å². The van der Waals surface area contributed by atoms with Crippen molar-refractivity contribution in [1.82, 2.24) is 0 Å². The highest BCUT2D eigenvalue weighted by atomic mass is 16.5. The lowest BCUT2D eigenvalue weighted by Gasteiger charge is -2.06. The van der Waals surface area contributed by atoms with Gasteiger partial charge in [-0.25, -0.2) is 0 Å². The van der Waals surface area contributed by atoms with Crippen LogP contribution in [0.15, 0.2) is 11.6 Å². The van der Waals surface area contributed by atoms with Crippen LogP contribution in [-0.4, -0.2) is 25.3 Å². The zero-order valence-electron chi connectivity index (χ0n) is 6.84. The molecule has 1 heterocycles. The molecule has 0 radical (unpaired) electrons. The average Bonchev–Trinajstić information content (AvgIpc) is 2.51. The van der Waals surface area contributed by atoms with E-state index < -0.39 is 0 Å². The Morgan fingerprint density at radius 2 is 2.33 bits per heavy atom. The lowest BCUT2D eigenvalue weighted by atomic mass is 9.99. The van der Waals surface area contributed by atoms with Gasteiger partial charge in [-0.1, -0.05) is 0 Å². The maximum atomic E-state index is 7.12. The molecule has 1 unspecified atom stereocenters. The van der Waals surface area contributed by atoms with E-state index in [0.29, 0.717) is 6.61 Å². The third-order valence-corrected chi connectivity index (χ3v) is 1.89.